The van der Waals surface area contributed by atoms with Gasteiger partial charge in [0.05, 0.1) is 16.1 Å². The fourth-order valence-electron chi connectivity index (χ4n) is 1.62. The van der Waals surface area contributed by atoms with Gasteiger partial charge in [-0.2, -0.15) is 0 Å². The molecule has 0 atom stereocenters. The highest BCUT2D eigenvalue weighted by Gasteiger charge is 2.18. The summed E-state index contributed by atoms with van der Waals surface area (Å²) in [5, 5.41) is 0. The summed E-state index contributed by atoms with van der Waals surface area (Å²) in [7, 11) is -3.57. The first kappa shape index (κ1) is 15.6. The van der Waals surface area contributed by atoms with E-state index in [2.05, 4.69) is 25.6 Å². The minimum absolute atomic E-state index is 0.205. The first-order valence-corrected chi connectivity index (χ1v) is 8.96. The number of nitrogens with one attached hydrogen (secondary N) is 1. The van der Waals surface area contributed by atoms with Gasteiger partial charge in [-0.05, 0) is 40.5 Å². The van der Waals surface area contributed by atoms with E-state index in [1.165, 1.54) is 11.3 Å². The molecule has 0 aliphatic carbocycles. The number of hydrogen-bond acceptors (Lipinski definition) is 5. The predicted molar refractivity (Wildman–Crippen MR) is 82.9 cm³/mol. The van der Waals surface area contributed by atoms with E-state index < -0.39 is 10.0 Å². The molecule has 20 heavy (non-hydrogen) atoms. The third kappa shape index (κ3) is 3.44. The first-order valence-electron chi connectivity index (χ1n) is 5.81. The average Bonchev–Trinajstić information content (AvgIpc) is 2.81. The van der Waals surface area contributed by atoms with Crippen LogP contribution in [0.15, 0.2) is 33.1 Å². The third-order valence-corrected chi connectivity index (χ3v) is 6.10. The van der Waals surface area contributed by atoms with Crippen molar-refractivity contribution in [2.75, 3.05) is 0 Å². The van der Waals surface area contributed by atoms with Crippen LogP contribution in [0.4, 0.5) is 0 Å². The molecule has 0 saturated heterocycles. The van der Waals surface area contributed by atoms with Gasteiger partial charge in [0, 0.05) is 22.4 Å². The normalized spacial score (nSPS) is 11.8. The zero-order valence-electron chi connectivity index (χ0n) is 10.8. The molecule has 2 aromatic rings. The summed E-state index contributed by atoms with van der Waals surface area (Å²) in [6.45, 7) is 2.46. The Morgan fingerprint density at radius 3 is 2.75 bits per heavy atom. The highest BCUT2D eigenvalue weighted by Crippen LogP contribution is 2.23. The monoisotopic (exact) mass is 375 g/mol. The van der Waals surface area contributed by atoms with Crippen molar-refractivity contribution in [3.63, 3.8) is 0 Å². The fraction of sp³-hybridized carbons (Fsp3) is 0.250. The summed E-state index contributed by atoms with van der Waals surface area (Å²) in [5.41, 5.74) is 8.94. The maximum atomic E-state index is 12.3. The largest absolute Gasteiger partial charge is 0.326 e. The highest BCUT2D eigenvalue weighted by atomic mass is 79.9. The number of sulfonamides is 1. The number of aryl methyl sites for hydroxylation is 1. The van der Waals surface area contributed by atoms with E-state index in [1.807, 2.05) is 6.92 Å². The van der Waals surface area contributed by atoms with Crippen molar-refractivity contribution in [2.24, 2.45) is 5.73 Å². The molecule has 0 aliphatic rings. The Balaban J connectivity index is 2.20. The van der Waals surface area contributed by atoms with Gasteiger partial charge in [-0.3, -0.25) is 0 Å². The molecule has 1 aromatic heterocycles. The Hall–Kier alpha value is -0.800. The first-order chi connectivity index (χ1) is 9.44. The van der Waals surface area contributed by atoms with Crippen LogP contribution < -0.4 is 10.5 Å². The zero-order valence-corrected chi connectivity index (χ0v) is 14.0. The second-order valence-corrected chi connectivity index (χ2v) is 7.68. The summed E-state index contributed by atoms with van der Waals surface area (Å²) in [6.07, 6.45) is 0. The molecule has 5 nitrogen and oxygen atoms in total. The maximum absolute atomic E-state index is 12.3. The van der Waals surface area contributed by atoms with Crippen molar-refractivity contribution in [3.05, 3.63) is 44.3 Å². The second kappa shape index (κ2) is 6.31. The van der Waals surface area contributed by atoms with E-state index in [0.29, 0.717) is 11.0 Å². The molecule has 1 heterocycles. The van der Waals surface area contributed by atoms with Gasteiger partial charge in [0.2, 0.25) is 10.0 Å². The molecular formula is C12H14BrN3O2S2. The highest BCUT2D eigenvalue weighted by molar-refractivity contribution is 9.10. The lowest BCUT2D eigenvalue weighted by atomic mass is 10.2. The molecule has 0 aliphatic heterocycles. The predicted octanol–water partition coefficient (Wildman–Crippen LogP) is 2.15. The molecule has 0 saturated carbocycles. The Kier molecular flexibility index (Phi) is 4.92. The second-order valence-electron chi connectivity index (χ2n) is 4.15. The quantitative estimate of drug-likeness (QED) is 0.838. The molecule has 0 radical (unpaired) electrons. The molecule has 0 fully saturated rings. The van der Waals surface area contributed by atoms with E-state index in [4.69, 9.17) is 5.73 Å². The van der Waals surface area contributed by atoms with Crippen molar-refractivity contribution in [1.82, 2.24) is 9.71 Å². The van der Waals surface area contributed by atoms with Crippen molar-refractivity contribution >= 4 is 37.3 Å². The number of halogens is 1. The van der Waals surface area contributed by atoms with Crippen molar-refractivity contribution in [1.29, 1.82) is 0 Å². The summed E-state index contributed by atoms with van der Waals surface area (Å²) < 4.78 is 27.6. The van der Waals surface area contributed by atoms with Gasteiger partial charge in [-0.15, -0.1) is 11.3 Å². The molecule has 0 bridgehead atoms. The molecule has 2 rings (SSSR count). The molecule has 8 heteroatoms. The minimum Gasteiger partial charge on any atom is -0.326 e. The van der Waals surface area contributed by atoms with Crippen LogP contribution in [0.25, 0.3) is 0 Å². The van der Waals surface area contributed by atoms with Gasteiger partial charge in [0.25, 0.3) is 0 Å². The molecular weight excluding hydrogens is 362 g/mol. The zero-order chi connectivity index (χ0) is 14.8. The van der Waals surface area contributed by atoms with E-state index in [0.717, 1.165) is 16.1 Å². The summed E-state index contributed by atoms with van der Waals surface area (Å²) in [5.74, 6) is 0. The third-order valence-electron chi connectivity index (χ3n) is 2.79. The SMILES string of the molecule is Cc1ncsc1CNS(=O)(=O)c1ccc(CN)cc1Br. The van der Waals surface area contributed by atoms with Gasteiger partial charge in [-0.25, -0.2) is 18.1 Å². The molecule has 3 N–H and O–H groups in total. The number of rotatable bonds is 5. The number of nitrogens with two attached hydrogens (primary N) is 1. The van der Waals surface area contributed by atoms with Gasteiger partial charge < -0.3 is 5.73 Å². The van der Waals surface area contributed by atoms with Crippen molar-refractivity contribution < 1.29 is 8.42 Å². The molecule has 108 valence electrons. The lowest BCUT2D eigenvalue weighted by Crippen LogP contribution is -2.23. The van der Waals surface area contributed by atoms with Gasteiger partial charge in [-0.1, -0.05) is 6.07 Å². The summed E-state index contributed by atoms with van der Waals surface area (Å²) in [6, 6.07) is 4.97. The van der Waals surface area contributed by atoms with E-state index >= 15 is 0 Å². The van der Waals surface area contributed by atoms with E-state index in [-0.39, 0.29) is 11.4 Å². The summed E-state index contributed by atoms with van der Waals surface area (Å²) in [4.78, 5) is 5.20. The van der Waals surface area contributed by atoms with Crippen LogP contribution in [0.2, 0.25) is 0 Å². The van der Waals surface area contributed by atoms with Crippen LogP contribution in [-0.4, -0.2) is 13.4 Å². The molecule has 1 aromatic carbocycles. The standard InChI is InChI=1S/C12H14BrN3O2S2/c1-8-11(19-7-15-8)6-16-20(17,18)12-3-2-9(5-14)4-10(12)13/h2-4,7,16H,5-6,14H2,1H3. The van der Waals surface area contributed by atoms with Crippen LogP contribution in [0.1, 0.15) is 16.1 Å². The Morgan fingerprint density at radius 1 is 1.45 bits per heavy atom. The summed E-state index contributed by atoms with van der Waals surface area (Å²) >= 11 is 4.70. The Morgan fingerprint density at radius 2 is 2.20 bits per heavy atom. The number of nitrogens with zero attached hydrogens (tertiary/aromatic N) is 1. The smallest absolute Gasteiger partial charge is 0.242 e. The van der Waals surface area contributed by atoms with E-state index in [1.54, 1.807) is 23.7 Å². The number of thiazole rings is 1. The number of benzene rings is 1. The molecule has 0 spiro atoms. The lowest BCUT2D eigenvalue weighted by molar-refractivity contribution is 0.581. The van der Waals surface area contributed by atoms with Crippen LogP contribution >= 0.6 is 27.3 Å². The minimum atomic E-state index is -3.57. The lowest BCUT2D eigenvalue weighted by Gasteiger charge is -2.09. The van der Waals surface area contributed by atoms with Crippen LogP contribution in [0.5, 0.6) is 0 Å². The van der Waals surface area contributed by atoms with Crippen LogP contribution in [0.3, 0.4) is 0 Å². The average molecular weight is 376 g/mol. The van der Waals surface area contributed by atoms with E-state index in [9.17, 15) is 8.42 Å². The van der Waals surface area contributed by atoms with Crippen molar-refractivity contribution in [2.45, 2.75) is 24.9 Å². The topological polar surface area (TPSA) is 85.1 Å². The van der Waals surface area contributed by atoms with Crippen molar-refractivity contribution in [3.8, 4) is 0 Å². The Labute approximate surface area is 130 Å². The number of aromatic nitrogens is 1. The van der Waals surface area contributed by atoms with Gasteiger partial charge in [0.15, 0.2) is 0 Å². The maximum Gasteiger partial charge on any atom is 0.242 e. The molecule has 0 unspecified atom stereocenters. The number of hydrogen-bond donors (Lipinski definition) is 2. The van der Waals surface area contributed by atoms with Gasteiger partial charge in [0.1, 0.15) is 0 Å². The Bertz CT molecular complexity index is 713. The molecule has 0 amide bonds. The van der Waals surface area contributed by atoms with Crippen LogP contribution in [-0.2, 0) is 23.1 Å². The van der Waals surface area contributed by atoms with Gasteiger partial charge >= 0.3 is 0 Å². The fourth-order valence-corrected chi connectivity index (χ4v) is 4.55. The van der Waals surface area contributed by atoms with Crippen LogP contribution in [0, 0.1) is 6.92 Å².